The molecular weight excluding hydrogens is 310 g/mol. The van der Waals surface area contributed by atoms with Gasteiger partial charge < -0.3 is 16.4 Å². The Balaban J connectivity index is 1.73. The molecule has 132 valence electrons. The maximum atomic E-state index is 12.6. The molecule has 4 nitrogen and oxygen atoms in total. The Morgan fingerprint density at radius 1 is 0.880 bits per heavy atom. The summed E-state index contributed by atoms with van der Waals surface area (Å²) in [5.74, 6) is 0. The average molecular weight is 337 g/mol. The van der Waals surface area contributed by atoms with E-state index in [1.165, 1.54) is 19.3 Å². The Morgan fingerprint density at radius 3 is 2.04 bits per heavy atom. The van der Waals surface area contributed by atoms with E-state index >= 15 is 0 Å². The van der Waals surface area contributed by atoms with Gasteiger partial charge in [-0.3, -0.25) is 0 Å². The van der Waals surface area contributed by atoms with Crippen molar-refractivity contribution in [1.82, 2.24) is 10.6 Å². The minimum atomic E-state index is -0.305. The topological polar surface area (TPSA) is 67.1 Å². The first-order valence-corrected chi connectivity index (χ1v) is 9.16. The summed E-state index contributed by atoms with van der Waals surface area (Å²) in [6, 6.07) is 19.4. The lowest BCUT2D eigenvalue weighted by atomic mass is 9.94. The van der Waals surface area contributed by atoms with Gasteiger partial charge in [0, 0.05) is 6.04 Å². The van der Waals surface area contributed by atoms with Crippen LogP contribution in [0.2, 0.25) is 0 Å². The number of hydrogen-bond acceptors (Lipinski definition) is 2. The van der Waals surface area contributed by atoms with Gasteiger partial charge in [-0.2, -0.15) is 0 Å². The second kappa shape index (κ2) is 8.67. The Morgan fingerprint density at radius 2 is 1.44 bits per heavy atom. The summed E-state index contributed by atoms with van der Waals surface area (Å²) < 4.78 is 0. The zero-order valence-corrected chi connectivity index (χ0v) is 14.5. The summed E-state index contributed by atoms with van der Waals surface area (Å²) in [4.78, 5) is 12.6. The molecule has 25 heavy (non-hydrogen) atoms. The number of amides is 2. The van der Waals surface area contributed by atoms with E-state index in [1.54, 1.807) is 0 Å². The predicted octanol–water partition coefficient (Wildman–Crippen LogP) is 4.06. The fourth-order valence-electron chi connectivity index (χ4n) is 3.52. The van der Waals surface area contributed by atoms with Crippen LogP contribution in [0.5, 0.6) is 0 Å². The number of carbonyl (C=O) groups excluding carboxylic acids is 1. The van der Waals surface area contributed by atoms with E-state index in [-0.39, 0.29) is 24.2 Å². The van der Waals surface area contributed by atoms with E-state index < -0.39 is 0 Å². The smallest absolute Gasteiger partial charge is 0.315 e. The Bertz CT molecular complexity index is 653. The number of rotatable bonds is 5. The van der Waals surface area contributed by atoms with Crippen molar-refractivity contribution in [2.45, 2.75) is 50.2 Å². The van der Waals surface area contributed by atoms with Crippen LogP contribution in [0.1, 0.15) is 55.3 Å². The van der Waals surface area contributed by atoms with Gasteiger partial charge in [-0.25, -0.2) is 4.79 Å². The Hall–Kier alpha value is -2.33. The molecule has 4 N–H and O–H groups in total. The van der Waals surface area contributed by atoms with Crippen LogP contribution in [0.4, 0.5) is 4.79 Å². The number of urea groups is 1. The first kappa shape index (κ1) is 17.5. The maximum Gasteiger partial charge on any atom is 0.315 e. The van der Waals surface area contributed by atoms with E-state index in [0.717, 1.165) is 24.0 Å². The number of benzene rings is 2. The van der Waals surface area contributed by atoms with Gasteiger partial charge in [0.05, 0.1) is 12.1 Å². The van der Waals surface area contributed by atoms with Gasteiger partial charge in [0.15, 0.2) is 0 Å². The molecule has 0 aliphatic heterocycles. The maximum absolute atomic E-state index is 12.6. The zero-order chi connectivity index (χ0) is 17.5. The first-order valence-electron chi connectivity index (χ1n) is 9.16. The molecule has 3 rings (SSSR count). The Labute approximate surface area is 149 Å². The molecule has 2 aromatic rings. The lowest BCUT2D eigenvalue weighted by Gasteiger charge is -2.28. The molecule has 0 heterocycles. The molecule has 2 amide bonds. The van der Waals surface area contributed by atoms with Gasteiger partial charge in [-0.15, -0.1) is 0 Å². The Kier molecular flexibility index (Phi) is 6.07. The third-order valence-corrected chi connectivity index (χ3v) is 4.93. The van der Waals surface area contributed by atoms with Gasteiger partial charge >= 0.3 is 6.03 Å². The van der Waals surface area contributed by atoms with Gasteiger partial charge in [0.2, 0.25) is 0 Å². The molecule has 0 saturated heterocycles. The molecule has 1 aliphatic carbocycles. The van der Waals surface area contributed by atoms with Crippen molar-refractivity contribution in [3.8, 4) is 0 Å². The second-order valence-corrected chi connectivity index (χ2v) is 6.78. The number of nitrogens with two attached hydrogens (primary N) is 1. The van der Waals surface area contributed by atoms with Crippen LogP contribution in [-0.2, 0) is 0 Å². The molecule has 4 heteroatoms. The van der Waals surface area contributed by atoms with Crippen LogP contribution in [0.25, 0.3) is 0 Å². The minimum Gasteiger partial charge on any atom is -0.335 e. The molecule has 0 bridgehead atoms. The van der Waals surface area contributed by atoms with Crippen LogP contribution in [-0.4, -0.2) is 12.1 Å². The molecule has 0 aromatic heterocycles. The predicted molar refractivity (Wildman–Crippen MR) is 101 cm³/mol. The molecule has 0 radical (unpaired) electrons. The summed E-state index contributed by atoms with van der Waals surface area (Å²) in [6.07, 6.45) is 5.78. The lowest BCUT2D eigenvalue weighted by molar-refractivity contribution is 0.226. The summed E-state index contributed by atoms with van der Waals surface area (Å²) in [7, 11) is 0. The fraction of sp³-hybridized carbons (Fsp3) is 0.381. The van der Waals surface area contributed by atoms with E-state index in [0.29, 0.717) is 0 Å². The molecule has 1 aliphatic rings. The highest BCUT2D eigenvalue weighted by molar-refractivity contribution is 5.75. The molecule has 2 aromatic carbocycles. The van der Waals surface area contributed by atoms with Crippen LogP contribution < -0.4 is 16.4 Å². The molecule has 1 saturated carbocycles. The van der Waals surface area contributed by atoms with Gasteiger partial charge in [-0.1, -0.05) is 79.9 Å². The van der Waals surface area contributed by atoms with Crippen molar-refractivity contribution in [1.29, 1.82) is 0 Å². The van der Waals surface area contributed by atoms with Crippen LogP contribution in [0, 0.1) is 0 Å². The van der Waals surface area contributed by atoms with Crippen LogP contribution >= 0.6 is 0 Å². The lowest BCUT2D eigenvalue weighted by Crippen LogP contribution is -2.46. The largest absolute Gasteiger partial charge is 0.335 e. The minimum absolute atomic E-state index is 0.132. The molecule has 0 unspecified atom stereocenters. The normalized spacial score (nSPS) is 17.5. The van der Waals surface area contributed by atoms with Gasteiger partial charge in [0.1, 0.15) is 0 Å². The van der Waals surface area contributed by atoms with Crippen molar-refractivity contribution in [2.75, 3.05) is 0 Å². The summed E-state index contributed by atoms with van der Waals surface area (Å²) in [5.41, 5.74) is 8.53. The quantitative estimate of drug-likeness (QED) is 0.770. The van der Waals surface area contributed by atoms with Crippen molar-refractivity contribution >= 4 is 6.03 Å². The SMILES string of the molecule is N[C@H](c1ccccc1)[C@H](NC(=O)NC1CCCCC1)c1ccccc1. The summed E-state index contributed by atoms with van der Waals surface area (Å²) in [6.45, 7) is 0. The highest BCUT2D eigenvalue weighted by atomic mass is 16.2. The summed E-state index contributed by atoms with van der Waals surface area (Å²) in [5, 5.41) is 6.22. The van der Waals surface area contributed by atoms with E-state index in [1.807, 2.05) is 60.7 Å². The third-order valence-electron chi connectivity index (χ3n) is 4.93. The molecule has 2 atom stereocenters. The standard InChI is InChI=1S/C21H27N3O/c22-19(16-10-4-1-5-11-16)20(17-12-6-2-7-13-17)24-21(25)23-18-14-8-3-9-15-18/h1-2,4-7,10-13,18-20H,3,8-9,14-15,22H2,(H2,23,24,25)/t19-,20-/m1/s1. The van der Waals surface area contributed by atoms with E-state index in [4.69, 9.17) is 5.73 Å². The molecule has 1 fully saturated rings. The first-order chi connectivity index (χ1) is 12.2. The van der Waals surface area contributed by atoms with Crippen molar-refractivity contribution in [2.24, 2.45) is 5.73 Å². The second-order valence-electron chi connectivity index (χ2n) is 6.78. The fourth-order valence-corrected chi connectivity index (χ4v) is 3.52. The molecule has 0 spiro atoms. The highest BCUT2D eigenvalue weighted by Crippen LogP contribution is 2.27. The van der Waals surface area contributed by atoms with Crippen molar-refractivity contribution in [3.05, 3.63) is 71.8 Å². The monoisotopic (exact) mass is 337 g/mol. The number of hydrogen-bond donors (Lipinski definition) is 3. The van der Waals surface area contributed by atoms with Gasteiger partial charge in [-0.05, 0) is 24.0 Å². The average Bonchev–Trinajstić information content (AvgIpc) is 2.68. The summed E-state index contributed by atoms with van der Waals surface area (Å²) >= 11 is 0. The molecular formula is C21H27N3O. The zero-order valence-electron chi connectivity index (χ0n) is 14.5. The van der Waals surface area contributed by atoms with Crippen LogP contribution in [0.15, 0.2) is 60.7 Å². The van der Waals surface area contributed by atoms with Gasteiger partial charge in [0.25, 0.3) is 0 Å². The number of carbonyl (C=O) groups is 1. The van der Waals surface area contributed by atoms with E-state index in [2.05, 4.69) is 10.6 Å². The van der Waals surface area contributed by atoms with E-state index in [9.17, 15) is 4.79 Å². The highest BCUT2D eigenvalue weighted by Gasteiger charge is 2.24. The third kappa shape index (κ3) is 4.83. The van der Waals surface area contributed by atoms with Crippen molar-refractivity contribution < 1.29 is 4.79 Å². The van der Waals surface area contributed by atoms with Crippen LogP contribution in [0.3, 0.4) is 0 Å². The van der Waals surface area contributed by atoms with Crippen molar-refractivity contribution in [3.63, 3.8) is 0 Å². The number of nitrogens with one attached hydrogen (secondary N) is 2.